The fraction of sp³-hybridized carbons (Fsp3) is 0.263. The van der Waals surface area contributed by atoms with Crippen molar-refractivity contribution in [2.24, 2.45) is 0 Å². The molecular weight excluding hydrogens is 322 g/mol. The topological polar surface area (TPSA) is 57.8 Å². The summed E-state index contributed by atoms with van der Waals surface area (Å²) in [6.07, 6.45) is 5.64. The van der Waals surface area contributed by atoms with Gasteiger partial charge in [0.1, 0.15) is 0 Å². The summed E-state index contributed by atoms with van der Waals surface area (Å²) in [7, 11) is 0. The summed E-state index contributed by atoms with van der Waals surface area (Å²) >= 11 is 6.01. The number of nitrogens with one attached hydrogen (secondary N) is 2. The number of nitrogens with zero attached hydrogens (tertiary/aromatic N) is 1. The van der Waals surface area contributed by atoms with Crippen molar-refractivity contribution in [3.05, 3.63) is 59.2 Å². The number of carbonyl (C=O) groups excluding carboxylic acids is 1. The van der Waals surface area contributed by atoms with E-state index in [4.69, 9.17) is 11.6 Å². The predicted octanol–water partition coefficient (Wildman–Crippen LogP) is 4.67. The molecule has 1 fully saturated rings. The first kappa shape index (κ1) is 15.2. The van der Waals surface area contributed by atoms with Crippen molar-refractivity contribution < 1.29 is 4.79 Å². The van der Waals surface area contributed by atoms with Crippen LogP contribution >= 0.6 is 11.6 Å². The third-order valence-electron chi connectivity index (χ3n) is 4.99. The van der Waals surface area contributed by atoms with E-state index in [9.17, 15) is 4.79 Å². The van der Waals surface area contributed by atoms with Gasteiger partial charge in [-0.1, -0.05) is 36.6 Å². The molecule has 2 aromatic carbocycles. The Morgan fingerprint density at radius 2 is 1.88 bits per heavy atom. The second-order valence-corrected chi connectivity index (χ2v) is 6.86. The highest BCUT2D eigenvalue weighted by Crippen LogP contribution is 2.42. The van der Waals surface area contributed by atoms with Crippen molar-refractivity contribution in [2.75, 3.05) is 5.32 Å². The first-order valence-corrected chi connectivity index (χ1v) is 8.56. The minimum absolute atomic E-state index is 0.0567. The van der Waals surface area contributed by atoms with Gasteiger partial charge in [-0.25, -0.2) is 0 Å². The number of H-pyrrole nitrogens is 1. The molecule has 1 saturated carbocycles. The van der Waals surface area contributed by atoms with E-state index in [1.165, 1.54) is 0 Å². The molecule has 5 heteroatoms. The Labute approximate surface area is 145 Å². The van der Waals surface area contributed by atoms with E-state index in [1.807, 2.05) is 42.5 Å². The van der Waals surface area contributed by atoms with Gasteiger partial charge in [-0.05, 0) is 48.7 Å². The highest BCUT2D eigenvalue weighted by molar-refractivity contribution is 6.30. The summed E-state index contributed by atoms with van der Waals surface area (Å²) in [4.78, 5) is 13.1. The van der Waals surface area contributed by atoms with E-state index >= 15 is 0 Å². The van der Waals surface area contributed by atoms with Crippen molar-refractivity contribution in [1.29, 1.82) is 0 Å². The van der Waals surface area contributed by atoms with Crippen molar-refractivity contribution in [2.45, 2.75) is 31.1 Å². The van der Waals surface area contributed by atoms with Gasteiger partial charge in [-0.15, -0.1) is 0 Å². The third kappa shape index (κ3) is 2.57. The lowest BCUT2D eigenvalue weighted by Crippen LogP contribution is -2.37. The average molecular weight is 340 g/mol. The highest BCUT2D eigenvalue weighted by atomic mass is 35.5. The third-order valence-corrected chi connectivity index (χ3v) is 5.24. The number of hydrogen-bond donors (Lipinski definition) is 2. The zero-order valence-corrected chi connectivity index (χ0v) is 13.9. The fourth-order valence-electron chi connectivity index (χ4n) is 3.66. The van der Waals surface area contributed by atoms with Gasteiger partial charge < -0.3 is 5.32 Å². The van der Waals surface area contributed by atoms with Crippen LogP contribution in [0, 0.1) is 0 Å². The summed E-state index contributed by atoms with van der Waals surface area (Å²) in [6, 6.07) is 13.5. The molecule has 1 amide bonds. The number of aromatic nitrogens is 2. The number of rotatable bonds is 3. The SMILES string of the molecule is O=C(Nc1ccc2cn[nH]c2c1)C1(c2ccc(Cl)cc2)CCCC1. The molecule has 1 heterocycles. The van der Waals surface area contributed by atoms with Gasteiger partial charge in [0.05, 0.1) is 17.1 Å². The second kappa shape index (κ2) is 5.95. The van der Waals surface area contributed by atoms with E-state index in [0.29, 0.717) is 5.02 Å². The van der Waals surface area contributed by atoms with Gasteiger partial charge in [-0.3, -0.25) is 9.89 Å². The van der Waals surface area contributed by atoms with Crippen LogP contribution in [0.2, 0.25) is 5.02 Å². The quantitative estimate of drug-likeness (QED) is 0.728. The molecule has 0 saturated heterocycles. The molecule has 24 heavy (non-hydrogen) atoms. The van der Waals surface area contributed by atoms with Crippen LogP contribution in [0.15, 0.2) is 48.7 Å². The van der Waals surface area contributed by atoms with Crippen molar-refractivity contribution in [3.63, 3.8) is 0 Å². The second-order valence-electron chi connectivity index (χ2n) is 6.42. The lowest BCUT2D eigenvalue weighted by Gasteiger charge is -2.28. The zero-order chi connectivity index (χ0) is 16.6. The van der Waals surface area contributed by atoms with Crippen LogP contribution in [-0.4, -0.2) is 16.1 Å². The fourth-order valence-corrected chi connectivity index (χ4v) is 3.79. The van der Waals surface area contributed by atoms with Crippen molar-refractivity contribution >= 4 is 34.1 Å². The molecule has 3 aromatic rings. The van der Waals surface area contributed by atoms with Crippen molar-refractivity contribution in [1.82, 2.24) is 10.2 Å². The summed E-state index contributed by atoms with van der Waals surface area (Å²) in [5.74, 6) is 0.0567. The van der Waals surface area contributed by atoms with Crippen LogP contribution in [0.3, 0.4) is 0 Å². The Kier molecular flexibility index (Phi) is 3.77. The van der Waals surface area contributed by atoms with E-state index in [0.717, 1.165) is 47.8 Å². The minimum Gasteiger partial charge on any atom is -0.325 e. The van der Waals surface area contributed by atoms with Gasteiger partial charge in [0.25, 0.3) is 0 Å². The number of anilines is 1. The van der Waals surface area contributed by atoms with Crippen LogP contribution in [0.4, 0.5) is 5.69 Å². The summed E-state index contributed by atoms with van der Waals surface area (Å²) in [5.41, 5.74) is 2.29. The Morgan fingerprint density at radius 1 is 1.12 bits per heavy atom. The molecule has 1 aliphatic carbocycles. The lowest BCUT2D eigenvalue weighted by molar-refractivity contribution is -0.121. The van der Waals surface area contributed by atoms with E-state index in [2.05, 4.69) is 15.5 Å². The molecule has 0 radical (unpaired) electrons. The minimum atomic E-state index is -0.465. The zero-order valence-electron chi connectivity index (χ0n) is 13.2. The number of benzene rings is 2. The Balaban J connectivity index is 1.65. The van der Waals surface area contributed by atoms with Gasteiger partial charge >= 0.3 is 0 Å². The number of hydrogen-bond acceptors (Lipinski definition) is 2. The van der Waals surface area contributed by atoms with Gasteiger partial charge in [0, 0.05) is 16.1 Å². The summed E-state index contributed by atoms with van der Waals surface area (Å²) < 4.78 is 0. The number of aromatic amines is 1. The molecule has 2 N–H and O–H groups in total. The van der Waals surface area contributed by atoms with Crippen LogP contribution in [0.25, 0.3) is 10.9 Å². The summed E-state index contributed by atoms with van der Waals surface area (Å²) in [6.45, 7) is 0. The van der Waals surface area contributed by atoms with Crippen LogP contribution in [0.5, 0.6) is 0 Å². The Morgan fingerprint density at radius 3 is 2.62 bits per heavy atom. The first-order valence-electron chi connectivity index (χ1n) is 8.18. The van der Waals surface area contributed by atoms with Gasteiger partial charge in [0.2, 0.25) is 5.91 Å². The molecule has 0 spiro atoms. The molecule has 4 rings (SSSR count). The lowest BCUT2D eigenvalue weighted by atomic mass is 9.78. The Bertz CT molecular complexity index is 879. The molecule has 4 nitrogen and oxygen atoms in total. The molecule has 0 bridgehead atoms. The Hall–Kier alpha value is -2.33. The number of halogens is 1. The molecule has 1 aromatic heterocycles. The normalized spacial score (nSPS) is 16.4. The highest BCUT2D eigenvalue weighted by Gasteiger charge is 2.42. The maximum absolute atomic E-state index is 13.1. The maximum atomic E-state index is 13.1. The predicted molar refractivity (Wildman–Crippen MR) is 96.3 cm³/mol. The molecule has 0 aliphatic heterocycles. The van der Waals surface area contributed by atoms with Crippen molar-refractivity contribution in [3.8, 4) is 0 Å². The van der Waals surface area contributed by atoms with E-state index in [-0.39, 0.29) is 5.91 Å². The first-order chi connectivity index (χ1) is 11.7. The van der Waals surface area contributed by atoms with Crippen LogP contribution in [-0.2, 0) is 10.2 Å². The average Bonchev–Trinajstić information content (AvgIpc) is 3.25. The number of amides is 1. The largest absolute Gasteiger partial charge is 0.325 e. The smallest absolute Gasteiger partial charge is 0.235 e. The van der Waals surface area contributed by atoms with E-state index in [1.54, 1.807) is 6.20 Å². The molecular formula is C19H18ClN3O. The number of carbonyl (C=O) groups is 1. The number of fused-ring (bicyclic) bond motifs is 1. The summed E-state index contributed by atoms with van der Waals surface area (Å²) in [5, 5.41) is 11.8. The molecule has 0 atom stereocenters. The maximum Gasteiger partial charge on any atom is 0.235 e. The van der Waals surface area contributed by atoms with Crippen LogP contribution in [0.1, 0.15) is 31.2 Å². The van der Waals surface area contributed by atoms with Gasteiger partial charge in [-0.2, -0.15) is 5.10 Å². The molecule has 1 aliphatic rings. The molecule has 122 valence electrons. The molecule has 0 unspecified atom stereocenters. The van der Waals surface area contributed by atoms with Crippen LogP contribution < -0.4 is 5.32 Å². The van der Waals surface area contributed by atoms with Gasteiger partial charge in [0.15, 0.2) is 0 Å². The monoisotopic (exact) mass is 339 g/mol. The van der Waals surface area contributed by atoms with E-state index < -0.39 is 5.41 Å². The standard InChI is InChI=1S/C19H18ClN3O/c20-15-6-4-14(5-7-15)19(9-1-2-10-19)18(24)22-16-8-3-13-12-21-23-17(13)11-16/h3-8,11-12H,1-2,9-10H2,(H,21,23)(H,22,24).